The molecule has 0 unspecified atom stereocenters. The smallest absolute Gasteiger partial charge is 0.191 e. The molecule has 0 saturated carbocycles. The van der Waals surface area contributed by atoms with Gasteiger partial charge in [0.15, 0.2) is 5.96 Å². The predicted octanol–water partition coefficient (Wildman–Crippen LogP) is 1.39. The molecule has 2 aromatic heterocycles. The first-order valence-corrected chi connectivity index (χ1v) is 8.70. The topological polar surface area (TPSA) is 84.9 Å². The highest BCUT2D eigenvalue weighted by Crippen LogP contribution is 2.07. The van der Waals surface area contributed by atoms with Crippen LogP contribution in [0.2, 0.25) is 0 Å². The third kappa shape index (κ3) is 4.47. The standard InChI is InChI=1S/C18H24N8/c1-3-17-24-22-14-25(17)10-9-20-18(19-2)21-11-15-12-23-26(13-15)16-7-5-4-6-8-16/h4-8,12-14H,3,9-11H2,1-2H3,(H2,19,20,21). The first kappa shape index (κ1) is 17.7. The number of hydrogen-bond donors (Lipinski definition) is 2. The van der Waals surface area contributed by atoms with Crippen molar-refractivity contribution in [3.05, 3.63) is 60.4 Å². The van der Waals surface area contributed by atoms with E-state index in [1.165, 1.54) is 0 Å². The Morgan fingerprint density at radius 1 is 1.19 bits per heavy atom. The predicted molar refractivity (Wildman–Crippen MR) is 101 cm³/mol. The number of hydrogen-bond acceptors (Lipinski definition) is 4. The minimum absolute atomic E-state index is 0.652. The molecule has 0 fully saturated rings. The number of aromatic nitrogens is 5. The Morgan fingerprint density at radius 2 is 2.04 bits per heavy atom. The first-order chi connectivity index (χ1) is 12.8. The second-order valence-electron chi connectivity index (χ2n) is 5.78. The van der Waals surface area contributed by atoms with Crippen LogP contribution in [0.1, 0.15) is 18.3 Å². The Balaban J connectivity index is 1.48. The van der Waals surface area contributed by atoms with Crippen LogP contribution in [0.4, 0.5) is 0 Å². The van der Waals surface area contributed by atoms with Crippen LogP contribution in [-0.4, -0.2) is 44.1 Å². The minimum atomic E-state index is 0.652. The van der Waals surface area contributed by atoms with E-state index < -0.39 is 0 Å². The number of nitrogens with zero attached hydrogens (tertiary/aromatic N) is 6. The van der Waals surface area contributed by atoms with E-state index >= 15 is 0 Å². The van der Waals surface area contributed by atoms with Gasteiger partial charge in [-0.2, -0.15) is 5.10 Å². The van der Waals surface area contributed by atoms with Gasteiger partial charge in [-0.25, -0.2) is 4.68 Å². The number of nitrogens with one attached hydrogen (secondary N) is 2. The molecule has 0 amide bonds. The van der Waals surface area contributed by atoms with E-state index in [2.05, 4.69) is 37.8 Å². The van der Waals surface area contributed by atoms with Gasteiger partial charge in [0.1, 0.15) is 12.2 Å². The van der Waals surface area contributed by atoms with Crippen LogP contribution in [0.3, 0.4) is 0 Å². The third-order valence-electron chi connectivity index (χ3n) is 4.00. The second kappa shape index (κ2) is 8.80. The molecule has 136 valence electrons. The third-order valence-corrected chi connectivity index (χ3v) is 4.00. The Morgan fingerprint density at radius 3 is 2.81 bits per heavy atom. The number of aryl methyl sites for hydroxylation is 1. The van der Waals surface area contributed by atoms with Crippen LogP contribution in [0.5, 0.6) is 0 Å². The maximum atomic E-state index is 4.40. The molecule has 8 heteroatoms. The number of benzene rings is 1. The molecule has 26 heavy (non-hydrogen) atoms. The van der Waals surface area contributed by atoms with Gasteiger partial charge in [0, 0.05) is 44.9 Å². The summed E-state index contributed by atoms with van der Waals surface area (Å²) in [4.78, 5) is 4.26. The van der Waals surface area contributed by atoms with Gasteiger partial charge in [0.2, 0.25) is 0 Å². The summed E-state index contributed by atoms with van der Waals surface area (Å²) in [5, 5.41) is 19.0. The Hall–Kier alpha value is -3.16. The highest BCUT2D eigenvalue weighted by Gasteiger charge is 2.04. The molecule has 8 nitrogen and oxygen atoms in total. The largest absolute Gasteiger partial charge is 0.355 e. The molecule has 0 radical (unpaired) electrons. The molecule has 0 aliphatic heterocycles. The van der Waals surface area contributed by atoms with Crippen LogP contribution < -0.4 is 10.6 Å². The molecule has 3 rings (SSSR count). The monoisotopic (exact) mass is 352 g/mol. The summed E-state index contributed by atoms with van der Waals surface area (Å²) < 4.78 is 3.91. The average Bonchev–Trinajstić information content (AvgIpc) is 3.34. The van der Waals surface area contributed by atoms with E-state index in [4.69, 9.17) is 0 Å². The highest BCUT2D eigenvalue weighted by molar-refractivity contribution is 5.79. The van der Waals surface area contributed by atoms with Crippen molar-refractivity contribution < 1.29 is 0 Å². The fraction of sp³-hybridized carbons (Fsp3) is 0.333. The van der Waals surface area contributed by atoms with E-state index in [0.717, 1.165) is 42.5 Å². The van der Waals surface area contributed by atoms with E-state index in [1.807, 2.05) is 52.0 Å². The van der Waals surface area contributed by atoms with Gasteiger partial charge in [-0.15, -0.1) is 10.2 Å². The molecular formula is C18H24N8. The second-order valence-corrected chi connectivity index (χ2v) is 5.78. The minimum Gasteiger partial charge on any atom is -0.355 e. The van der Waals surface area contributed by atoms with Crippen molar-refractivity contribution in [2.75, 3.05) is 13.6 Å². The summed E-state index contributed by atoms with van der Waals surface area (Å²) in [5.41, 5.74) is 2.13. The molecule has 0 aliphatic carbocycles. The van der Waals surface area contributed by atoms with Crippen molar-refractivity contribution in [2.24, 2.45) is 4.99 Å². The maximum absolute atomic E-state index is 4.40. The Bertz CT molecular complexity index is 834. The van der Waals surface area contributed by atoms with Crippen molar-refractivity contribution in [1.82, 2.24) is 35.2 Å². The number of guanidine groups is 1. The number of aliphatic imine (C=N–C) groups is 1. The zero-order chi connectivity index (χ0) is 18.2. The fourth-order valence-corrected chi connectivity index (χ4v) is 2.61. The van der Waals surface area contributed by atoms with E-state index in [-0.39, 0.29) is 0 Å². The van der Waals surface area contributed by atoms with Gasteiger partial charge in [-0.05, 0) is 12.1 Å². The van der Waals surface area contributed by atoms with Gasteiger partial charge in [-0.3, -0.25) is 4.99 Å². The van der Waals surface area contributed by atoms with Crippen LogP contribution in [-0.2, 0) is 19.5 Å². The lowest BCUT2D eigenvalue weighted by Gasteiger charge is -2.12. The molecule has 0 bridgehead atoms. The summed E-state index contributed by atoms with van der Waals surface area (Å²) in [6, 6.07) is 10.1. The average molecular weight is 352 g/mol. The summed E-state index contributed by atoms with van der Waals surface area (Å²) in [7, 11) is 1.76. The molecule has 0 spiro atoms. The number of rotatable bonds is 7. The van der Waals surface area contributed by atoms with Crippen molar-refractivity contribution in [2.45, 2.75) is 26.4 Å². The molecule has 0 aliphatic rings. The summed E-state index contributed by atoms with van der Waals surface area (Å²) in [6.45, 7) is 4.26. The molecule has 2 N–H and O–H groups in total. The summed E-state index contributed by atoms with van der Waals surface area (Å²) in [6.07, 6.45) is 6.51. The molecule has 0 atom stereocenters. The Kier molecular flexibility index (Phi) is 5.97. The van der Waals surface area contributed by atoms with Crippen LogP contribution in [0.15, 0.2) is 54.0 Å². The normalized spacial score (nSPS) is 11.5. The summed E-state index contributed by atoms with van der Waals surface area (Å²) in [5.74, 6) is 1.74. The van der Waals surface area contributed by atoms with Gasteiger partial charge in [0.25, 0.3) is 0 Å². The van der Waals surface area contributed by atoms with Crippen LogP contribution in [0, 0.1) is 0 Å². The lowest BCUT2D eigenvalue weighted by Crippen LogP contribution is -2.38. The Labute approximate surface area is 153 Å². The van der Waals surface area contributed by atoms with E-state index in [1.54, 1.807) is 13.4 Å². The number of para-hydroxylation sites is 1. The van der Waals surface area contributed by atoms with Crippen LogP contribution in [0.25, 0.3) is 5.69 Å². The van der Waals surface area contributed by atoms with Crippen molar-refractivity contribution >= 4 is 5.96 Å². The fourth-order valence-electron chi connectivity index (χ4n) is 2.61. The molecule has 3 aromatic rings. The van der Waals surface area contributed by atoms with Gasteiger partial charge >= 0.3 is 0 Å². The van der Waals surface area contributed by atoms with Crippen LogP contribution >= 0.6 is 0 Å². The van der Waals surface area contributed by atoms with Crippen molar-refractivity contribution in [3.8, 4) is 5.69 Å². The SMILES string of the molecule is CCc1nncn1CCNC(=NC)NCc1cnn(-c2ccccc2)c1. The lowest BCUT2D eigenvalue weighted by atomic mass is 10.3. The summed E-state index contributed by atoms with van der Waals surface area (Å²) >= 11 is 0. The van der Waals surface area contributed by atoms with E-state index in [0.29, 0.717) is 6.54 Å². The molecule has 1 aromatic carbocycles. The lowest BCUT2D eigenvalue weighted by molar-refractivity contribution is 0.632. The molecular weight excluding hydrogens is 328 g/mol. The quantitative estimate of drug-likeness (QED) is 0.496. The van der Waals surface area contributed by atoms with Gasteiger partial charge in [-0.1, -0.05) is 25.1 Å². The maximum Gasteiger partial charge on any atom is 0.191 e. The van der Waals surface area contributed by atoms with Crippen molar-refractivity contribution in [1.29, 1.82) is 0 Å². The molecule has 0 saturated heterocycles. The first-order valence-electron chi connectivity index (χ1n) is 8.70. The van der Waals surface area contributed by atoms with E-state index in [9.17, 15) is 0 Å². The van der Waals surface area contributed by atoms with Gasteiger partial charge < -0.3 is 15.2 Å². The highest BCUT2D eigenvalue weighted by atomic mass is 15.3. The zero-order valence-electron chi connectivity index (χ0n) is 15.1. The molecule has 2 heterocycles. The van der Waals surface area contributed by atoms with Gasteiger partial charge in [0.05, 0.1) is 11.9 Å². The van der Waals surface area contributed by atoms with Crippen molar-refractivity contribution in [3.63, 3.8) is 0 Å². The zero-order valence-corrected chi connectivity index (χ0v) is 15.1.